The zero-order chi connectivity index (χ0) is 6.69. The minimum Gasteiger partial charge on any atom is -0.327 e. The van der Waals surface area contributed by atoms with E-state index >= 15 is 0 Å². The molecule has 1 aliphatic rings. The first kappa shape index (κ1) is 9.92. The fraction of sp³-hybridized carbons (Fsp3) is 0.857. The van der Waals surface area contributed by atoms with Crippen LogP contribution in [0.5, 0.6) is 0 Å². The van der Waals surface area contributed by atoms with Gasteiger partial charge in [0.05, 0.1) is 0 Å². The molecule has 0 aliphatic heterocycles. The maximum atomic E-state index is 10.3. The van der Waals surface area contributed by atoms with Gasteiger partial charge in [0, 0.05) is 12.0 Å². The molecular weight excluding hydrogens is 150 g/mol. The molecule has 0 heterocycles. The average molecular weight is 164 g/mol. The second-order valence-electron chi connectivity index (χ2n) is 2.75. The molecule has 10 heavy (non-hydrogen) atoms. The smallest absolute Gasteiger partial charge is 0.124 e. The molecule has 0 radical (unpaired) electrons. The minimum atomic E-state index is 0. The Labute approximate surface area is 67.6 Å². The molecule has 0 amide bonds. The lowest BCUT2D eigenvalue weighted by atomic mass is 9.86. The first-order valence-electron chi connectivity index (χ1n) is 3.55. The van der Waals surface area contributed by atoms with E-state index in [-0.39, 0.29) is 24.4 Å². The standard InChI is InChI=1S/C7H13NO.ClH/c8-7-4-2-1-3-6(7)5-9;/h5-7H,1-4,8H2;1H/t6-,7+;/m0./s1. The number of rotatable bonds is 1. The topological polar surface area (TPSA) is 43.1 Å². The molecular formula is C7H14ClNO. The Morgan fingerprint density at radius 3 is 2.30 bits per heavy atom. The summed E-state index contributed by atoms with van der Waals surface area (Å²) < 4.78 is 0. The van der Waals surface area contributed by atoms with E-state index in [1.165, 1.54) is 12.8 Å². The van der Waals surface area contributed by atoms with Crippen LogP contribution in [-0.4, -0.2) is 12.3 Å². The van der Waals surface area contributed by atoms with Crippen LogP contribution in [0.4, 0.5) is 0 Å². The summed E-state index contributed by atoms with van der Waals surface area (Å²) in [6.07, 6.45) is 5.42. The number of aldehydes is 1. The number of halogens is 1. The predicted octanol–water partition coefficient (Wildman–Crippen LogP) is 1.12. The highest BCUT2D eigenvalue weighted by Gasteiger charge is 2.20. The Bertz CT molecular complexity index is 108. The summed E-state index contributed by atoms with van der Waals surface area (Å²) in [4.78, 5) is 10.3. The number of hydrogen-bond donors (Lipinski definition) is 1. The summed E-state index contributed by atoms with van der Waals surface area (Å²) >= 11 is 0. The molecule has 2 N–H and O–H groups in total. The van der Waals surface area contributed by atoms with Gasteiger partial charge in [-0.05, 0) is 12.8 Å². The first-order chi connectivity index (χ1) is 4.34. The fourth-order valence-electron chi connectivity index (χ4n) is 1.36. The lowest BCUT2D eigenvalue weighted by molar-refractivity contribution is -0.112. The van der Waals surface area contributed by atoms with Crippen molar-refractivity contribution in [2.45, 2.75) is 31.7 Å². The summed E-state index contributed by atoms with van der Waals surface area (Å²) in [6, 6.07) is 0.149. The normalized spacial score (nSPS) is 32.5. The lowest BCUT2D eigenvalue weighted by Gasteiger charge is -2.23. The van der Waals surface area contributed by atoms with E-state index in [9.17, 15) is 4.79 Å². The zero-order valence-electron chi connectivity index (χ0n) is 5.95. The highest BCUT2D eigenvalue weighted by molar-refractivity contribution is 5.85. The van der Waals surface area contributed by atoms with Crippen molar-refractivity contribution in [3.05, 3.63) is 0 Å². The van der Waals surface area contributed by atoms with Crippen molar-refractivity contribution in [3.63, 3.8) is 0 Å². The summed E-state index contributed by atoms with van der Waals surface area (Å²) in [5, 5.41) is 0. The molecule has 1 saturated carbocycles. The lowest BCUT2D eigenvalue weighted by Crippen LogP contribution is -2.33. The second-order valence-corrected chi connectivity index (χ2v) is 2.75. The third-order valence-electron chi connectivity index (χ3n) is 2.05. The van der Waals surface area contributed by atoms with Gasteiger partial charge in [0.25, 0.3) is 0 Å². The number of carbonyl (C=O) groups excluding carboxylic acids is 1. The quantitative estimate of drug-likeness (QED) is 0.589. The van der Waals surface area contributed by atoms with E-state index in [0.29, 0.717) is 0 Å². The summed E-state index contributed by atoms with van der Waals surface area (Å²) in [6.45, 7) is 0. The SMILES string of the molecule is Cl.N[C@@H]1CCCC[C@H]1C=O. The molecule has 60 valence electrons. The van der Waals surface area contributed by atoms with Crippen LogP contribution < -0.4 is 5.73 Å². The van der Waals surface area contributed by atoms with E-state index in [1.807, 2.05) is 0 Å². The van der Waals surface area contributed by atoms with Crippen molar-refractivity contribution < 1.29 is 4.79 Å². The van der Waals surface area contributed by atoms with E-state index in [0.717, 1.165) is 19.1 Å². The molecule has 1 rings (SSSR count). The van der Waals surface area contributed by atoms with Crippen molar-refractivity contribution in [1.82, 2.24) is 0 Å². The molecule has 3 heteroatoms. The second kappa shape index (κ2) is 4.69. The van der Waals surface area contributed by atoms with Crippen molar-refractivity contribution in [3.8, 4) is 0 Å². The van der Waals surface area contributed by atoms with Crippen LogP contribution in [0.25, 0.3) is 0 Å². The summed E-state index contributed by atoms with van der Waals surface area (Å²) in [5.41, 5.74) is 5.66. The summed E-state index contributed by atoms with van der Waals surface area (Å²) in [5.74, 6) is 0.152. The van der Waals surface area contributed by atoms with Gasteiger partial charge in [-0.15, -0.1) is 12.4 Å². The molecule has 0 bridgehead atoms. The molecule has 0 aromatic heterocycles. The number of hydrogen-bond acceptors (Lipinski definition) is 2. The van der Waals surface area contributed by atoms with Crippen LogP contribution in [0.2, 0.25) is 0 Å². The van der Waals surface area contributed by atoms with E-state index in [4.69, 9.17) is 5.73 Å². The molecule has 2 atom stereocenters. The van der Waals surface area contributed by atoms with Crippen LogP contribution in [0.3, 0.4) is 0 Å². The number of nitrogens with two attached hydrogens (primary N) is 1. The summed E-state index contributed by atoms with van der Waals surface area (Å²) in [7, 11) is 0. The first-order valence-corrected chi connectivity index (χ1v) is 3.55. The van der Waals surface area contributed by atoms with Crippen molar-refractivity contribution in [1.29, 1.82) is 0 Å². The maximum Gasteiger partial charge on any atom is 0.124 e. The minimum absolute atomic E-state index is 0. The Kier molecular flexibility index (Phi) is 4.65. The van der Waals surface area contributed by atoms with Gasteiger partial charge in [-0.2, -0.15) is 0 Å². The molecule has 0 unspecified atom stereocenters. The van der Waals surface area contributed by atoms with Crippen LogP contribution in [0.1, 0.15) is 25.7 Å². The monoisotopic (exact) mass is 163 g/mol. The van der Waals surface area contributed by atoms with Gasteiger partial charge in [-0.25, -0.2) is 0 Å². The van der Waals surface area contributed by atoms with Gasteiger partial charge in [0.15, 0.2) is 0 Å². The van der Waals surface area contributed by atoms with Gasteiger partial charge in [0.1, 0.15) is 6.29 Å². The molecule has 1 fully saturated rings. The molecule has 0 saturated heterocycles. The van der Waals surface area contributed by atoms with Crippen LogP contribution in [0.15, 0.2) is 0 Å². The third-order valence-corrected chi connectivity index (χ3v) is 2.05. The molecule has 0 spiro atoms. The average Bonchev–Trinajstić information content (AvgIpc) is 1.89. The van der Waals surface area contributed by atoms with Gasteiger partial charge in [0.2, 0.25) is 0 Å². The highest BCUT2D eigenvalue weighted by Crippen LogP contribution is 2.20. The van der Waals surface area contributed by atoms with Crippen molar-refractivity contribution in [2.24, 2.45) is 11.7 Å². The number of carbonyl (C=O) groups is 1. The Balaban J connectivity index is 0.000000810. The fourth-order valence-corrected chi connectivity index (χ4v) is 1.36. The van der Waals surface area contributed by atoms with Gasteiger partial charge in [-0.1, -0.05) is 12.8 Å². The largest absolute Gasteiger partial charge is 0.327 e. The van der Waals surface area contributed by atoms with Gasteiger partial charge >= 0.3 is 0 Å². The Morgan fingerprint density at radius 2 is 1.90 bits per heavy atom. The van der Waals surface area contributed by atoms with E-state index < -0.39 is 0 Å². The Hall–Kier alpha value is -0.0800. The molecule has 0 aromatic rings. The van der Waals surface area contributed by atoms with Crippen molar-refractivity contribution >= 4 is 18.7 Å². The van der Waals surface area contributed by atoms with E-state index in [2.05, 4.69) is 0 Å². The van der Waals surface area contributed by atoms with Crippen LogP contribution >= 0.6 is 12.4 Å². The third kappa shape index (κ3) is 2.27. The Morgan fingerprint density at radius 1 is 1.30 bits per heavy atom. The molecule has 0 aromatic carbocycles. The van der Waals surface area contributed by atoms with Crippen LogP contribution in [0, 0.1) is 5.92 Å². The molecule has 2 nitrogen and oxygen atoms in total. The molecule has 1 aliphatic carbocycles. The van der Waals surface area contributed by atoms with E-state index in [1.54, 1.807) is 0 Å². The zero-order valence-corrected chi connectivity index (χ0v) is 6.77. The highest BCUT2D eigenvalue weighted by atomic mass is 35.5. The van der Waals surface area contributed by atoms with Gasteiger partial charge < -0.3 is 10.5 Å². The maximum absolute atomic E-state index is 10.3. The van der Waals surface area contributed by atoms with Crippen LogP contribution in [-0.2, 0) is 4.79 Å². The van der Waals surface area contributed by atoms with Crippen molar-refractivity contribution in [2.75, 3.05) is 0 Å². The van der Waals surface area contributed by atoms with Gasteiger partial charge in [-0.3, -0.25) is 0 Å². The predicted molar refractivity (Wildman–Crippen MR) is 43.2 cm³/mol.